The standard InChI is InChI=1S/C13H17N5O2S/c19-6-5-18-11-3-1-2-10(9(11)8-15-18)16-12(20)17-13-14-4-7-21-13/h4,7-8,10,19H,1-3,5-6H2,(H2,14,16,17,20)/t10-/m1/s1. The van der Waals surface area contributed by atoms with Crippen LogP contribution in [0.4, 0.5) is 9.93 Å². The number of hydrogen-bond donors (Lipinski definition) is 3. The van der Waals surface area contributed by atoms with E-state index in [0.717, 1.165) is 30.5 Å². The largest absolute Gasteiger partial charge is 0.394 e. The molecule has 0 aliphatic heterocycles. The van der Waals surface area contributed by atoms with Crippen LogP contribution in [0.15, 0.2) is 17.8 Å². The van der Waals surface area contributed by atoms with Crippen molar-refractivity contribution < 1.29 is 9.90 Å². The molecular formula is C13H17N5O2S. The predicted octanol–water partition coefficient (Wildman–Crippen LogP) is 1.53. The molecule has 0 saturated carbocycles. The molecule has 2 heterocycles. The van der Waals surface area contributed by atoms with Gasteiger partial charge in [-0.25, -0.2) is 9.78 Å². The first-order chi connectivity index (χ1) is 10.3. The summed E-state index contributed by atoms with van der Waals surface area (Å²) < 4.78 is 1.82. The zero-order chi connectivity index (χ0) is 14.7. The van der Waals surface area contributed by atoms with Crippen molar-refractivity contribution in [3.8, 4) is 0 Å². The molecule has 0 fully saturated rings. The maximum absolute atomic E-state index is 12.0. The van der Waals surface area contributed by atoms with Gasteiger partial charge in [-0.15, -0.1) is 11.3 Å². The fraction of sp³-hybridized carbons (Fsp3) is 0.462. The van der Waals surface area contributed by atoms with Crippen LogP contribution in [-0.2, 0) is 13.0 Å². The Labute approximate surface area is 126 Å². The third kappa shape index (κ3) is 3.06. The van der Waals surface area contributed by atoms with Crippen LogP contribution < -0.4 is 10.6 Å². The third-order valence-electron chi connectivity index (χ3n) is 3.53. The Morgan fingerprint density at radius 3 is 3.24 bits per heavy atom. The van der Waals surface area contributed by atoms with Crippen LogP contribution in [0.3, 0.4) is 0 Å². The molecule has 3 N–H and O–H groups in total. The van der Waals surface area contributed by atoms with Gasteiger partial charge in [-0.1, -0.05) is 0 Å². The van der Waals surface area contributed by atoms with Gasteiger partial charge in [0.1, 0.15) is 0 Å². The number of amides is 2. The highest BCUT2D eigenvalue weighted by Gasteiger charge is 2.25. The van der Waals surface area contributed by atoms with Crippen molar-refractivity contribution in [2.75, 3.05) is 11.9 Å². The molecule has 7 nitrogen and oxygen atoms in total. The number of rotatable bonds is 4. The van der Waals surface area contributed by atoms with Gasteiger partial charge in [0.05, 0.1) is 25.4 Å². The fourth-order valence-electron chi connectivity index (χ4n) is 2.63. The topological polar surface area (TPSA) is 92.1 Å². The average molecular weight is 307 g/mol. The van der Waals surface area contributed by atoms with E-state index >= 15 is 0 Å². The van der Waals surface area contributed by atoms with Crippen molar-refractivity contribution in [1.29, 1.82) is 0 Å². The van der Waals surface area contributed by atoms with Gasteiger partial charge in [0.2, 0.25) is 0 Å². The van der Waals surface area contributed by atoms with Gasteiger partial charge in [0.25, 0.3) is 0 Å². The summed E-state index contributed by atoms with van der Waals surface area (Å²) in [5, 5.41) is 21.4. The number of anilines is 1. The van der Waals surface area contributed by atoms with E-state index in [2.05, 4.69) is 20.7 Å². The molecule has 1 aliphatic rings. The number of carbonyl (C=O) groups is 1. The first-order valence-electron chi connectivity index (χ1n) is 6.90. The Hall–Kier alpha value is -1.93. The van der Waals surface area contributed by atoms with E-state index in [1.807, 2.05) is 10.1 Å². The Kier molecular flexibility index (Phi) is 4.16. The van der Waals surface area contributed by atoms with Crippen LogP contribution in [-0.4, -0.2) is 32.5 Å². The minimum Gasteiger partial charge on any atom is -0.394 e. The molecule has 112 valence electrons. The van der Waals surface area contributed by atoms with Crippen molar-refractivity contribution in [2.45, 2.75) is 31.8 Å². The normalized spacial score (nSPS) is 17.3. The first-order valence-corrected chi connectivity index (χ1v) is 7.78. The van der Waals surface area contributed by atoms with Crippen molar-refractivity contribution in [2.24, 2.45) is 0 Å². The molecule has 0 radical (unpaired) electrons. The number of urea groups is 1. The number of aromatic nitrogens is 3. The summed E-state index contributed by atoms with van der Waals surface area (Å²) in [5.74, 6) is 0. The van der Waals surface area contributed by atoms with E-state index < -0.39 is 0 Å². The van der Waals surface area contributed by atoms with Crippen LogP contribution in [0.5, 0.6) is 0 Å². The molecule has 0 unspecified atom stereocenters. The lowest BCUT2D eigenvalue weighted by atomic mass is 9.93. The molecule has 8 heteroatoms. The van der Waals surface area contributed by atoms with E-state index in [0.29, 0.717) is 11.7 Å². The van der Waals surface area contributed by atoms with Crippen LogP contribution in [0, 0.1) is 0 Å². The van der Waals surface area contributed by atoms with Crippen LogP contribution in [0.2, 0.25) is 0 Å². The molecule has 3 rings (SSSR count). The molecule has 1 aliphatic carbocycles. The molecule has 1 atom stereocenters. The zero-order valence-corrected chi connectivity index (χ0v) is 12.3. The fourth-order valence-corrected chi connectivity index (χ4v) is 3.16. The molecule has 2 aromatic rings. The quantitative estimate of drug-likeness (QED) is 0.799. The predicted molar refractivity (Wildman–Crippen MR) is 79.3 cm³/mol. The van der Waals surface area contributed by atoms with Gasteiger partial charge in [0.15, 0.2) is 5.13 Å². The van der Waals surface area contributed by atoms with E-state index in [9.17, 15) is 4.79 Å². The highest BCUT2D eigenvalue weighted by atomic mass is 32.1. The summed E-state index contributed by atoms with van der Waals surface area (Å²) in [7, 11) is 0. The Balaban J connectivity index is 1.69. The third-order valence-corrected chi connectivity index (χ3v) is 4.22. The summed E-state index contributed by atoms with van der Waals surface area (Å²) in [6, 6.07) is -0.293. The van der Waals surface area contributed by atoms with Gasteiger partial charge in [-0.2, -0.15) is 5.10 Å². The monoisotopic (exact) mass is 307 g/mol. The van der Waals surface area contributed by atoms with E-state index in [1.54, 1.807) is 12.4 Å². The first kappa shape index (κ1) is 14.0. The summed E-state index contributed by atoms with van der Waals surface area (Å²) in [4.78, 5) is 16.0. The van der Waals surface area contributed by atoms with Gasteiger partial charge in [-0.3, -0.25) is 10.00 Å². The summed E-state index contributed by atoms with van der Waals surface area (Å²) in [6.07, 6.45) is 6.26. The van der Waals surface area contributed by atoms with E-state index in [4.69, 9.17) is 5.11 Å². The summed E-state index contributed by atoms with van der Waals surface area (Å²) in [6.45, 7) is 0.560. The number of thiazole rings is 1. The number of nitrogens with zero attached hydrogens (tertiary/aromatic N) is 3. The van der Waals surface area contributed by atoms with Gasteiger partial charge < -0.3 is 10.4 Å². The van der Waals surface area contributed by atoms with Gasteiger partial charge in [0, 0.05) is 22.8 Å². The highest BCUT2D eigenvalue weighted by Crippen LogP contribution is 2.29. The second-order valence-electron chi connectivity index (χ2n) is 4.87. The molecular weight excluding hydrogens is 290 g/mol. The van der Waals surface area contributed by atoms with E-state index in [-0.39, 0.29) is 18.7 Å². The number of aliphatic hydroxyl groups excluding tert-OH is 1. The molecule has 0 spiro atoms. The molecule has 0 aromatic carbocycles. The number of aliphatic hydroxyl groups is 1. The van der Waals surface area contributed by atoms with Crippen molar-refractivity contribution >= 4 is 22.5 Å². The second-order valence-corrected chi connectivity index (χ2v) is 5.77. The average Bonchev–Trinajstić information content (AvgIpc) is 3.10. The van der Waals surface area contributed by atoms with Crippen molar-refractivity contribution in [3.63, 3.8) is 0 Å². The summed E-state index contributed by atoms with van der Waals surface area (Å²) >= 11 is 1.38. The summed E-state index contributed by atoms with van der Waals surface area (Å²) in [5.41, 5.74) is 2.15. The Morgan fingerprint density at radius 2 is 2.48 bits per heavy atom. The lowest BCUT2D eigenvalue weighted by Crippen LogP contribution is -2.34. The number of hydrogen-bond acceptors (Lipinski definition) is 5. The lowest BCUT2D eigenvalue weighted by molar-refractivity contribution is 0.246. The molecule has 21 heavy (non-hydrogen) atoms. The molecule has 0 bridgehead atoms. The highest BCUT2D eigenvalue weighted by molar-refractivity contribution is 7.13. The number of nitrogens with one attached hydrogen (secondary N) is 2. The maximum atomic E-state index is 12.0. The zero-order valence-electron chi connectivity index (χ0n) is 11.5. The van der Waals surface area contributed by atoms with E-state index in [1.165, 1.54) is 11.3 Å². The smallest absolute Gasteiger partial charge is 0.321 e. The minimum absolute atomic E-state index is 0.0406. The van der Waals surface area contributed by atoms with Crippen LogP contribution in [0.1, 0.15) is 30.1 Å². The molecule has 2 aromatic heterocycles. The van der Waals surface area contributed by atoms with Crippen molar-refractivity contribution in [1.82, 2.24) is 20.1 Å². The van der Waals surface area contributed by atoms with Gasteiger partial charge >= 0.3 is 6.03 Å². The minimum atomic E-state index is -0.252. The Bertz CT molecular complexity index is 610. The molecule has 0 saturated heterocycles. The number of carbonyl (C=O) groups excluding carboxylic acids is 1. The second kappa shape index (κ2) is 6.23. The maximum Gasteiger partial charge on any atom is 0.321 e. The van der Waals surface area contributed by atoms with Crippen LogP contribution >= 0.6 is 11.3 Å². The lowest BCUT2D eigenvalue weighted by Gasteiger charge is -2.24. The number of fused-ring (bicyclic) bond motifs is 1. The van der Waals surface area contributed by atoms with Crippen LogP contribution in [0.25, 0.3) is 0 Å². The Morgan fingerprint density at radius 1 is 1.57 bits per heavy atom. The van der Waals surface area contributed by atoms with Crippen molar-refractivity contribution in [3.05, 3.63) is 29.0 Å². The molecule has 2 amide bonds. The van der Waals surface area contributed by atoms with Gasteiger partial charge in [-0.05, 0) is 19.3 Å². The SMILES string of the molecule is O=C(Nc1nccs1)N[C@@H]1CCCc2c1cnn2CCO.